The van der Waals surface area contributed by atoms with Crippen LogP contribution in [0, 0.1) is 0 Å². The minimum absolute atomic E-state index is 0.0286. The SMILES string of the molecule is COc1ccc(SC(C)C(=O)NCC(=O)NCc2ccccc2)cc1. The van der Waals surface area contributed by atoms with Crippen LogP contribution in [0.1, 0.15) is 12.5 Å². The minimum Gasteiger partial charge on any atom is -0.497 e. The third-order valence-corrected chi connectivity index (χ3v) is 4.61. The largest absolute Gasteiger partial charge is 0.497 e. The molecule has 2 rings (SSSR count). The van der Waals surface area contributed by atoms with Crippen LogP contribution in [0.4, 0.5) is 0 Å². The molecule has 0 saturated heterocycles. The molecule has 0 radical (unpaired) electrons. The van der Waals surface area contributed by atoms with E-state index in [4.69, 9.17) is 4.74 Å². The maximum absolute atomic E-state index is 12.1. The van der Waals surface area contributed by atoms with E-state index in [-0.39, 0.29) is 23.6 Å². The highest BCUT2D eigenvalue weighted by molar-refractivity contribution is 8.00. The van der Waals surface area contributed by atoms with Crippen molar-refractivity contribution in [2.24, 2.45) is 0 Å². The molecule has 6 heteroatoms. The van der Waals surface area contributed by atoms with Crippen LogP contribution in [0.2, 0.25) is 0 Å². The molecule has 0 fully saturated rings. The molecule has 0 aliphatic rings. The van der Waals surface area contributed by atoms with Crippen molar-refractivity contribution in [3.05, 3.63) is 60.2 Å². The van der Waals surface area contributed by atoms with Crippen LogP contribution in [-0.2, 0) is 16.1 Å². The van der Waals surface area contributed by atoms with Gasteiger partial charge in [0, 0.05) is 11.4 Å². The van der Waals surface area contributed by atoms with Gasteiger partial charge in [0.05, 0.1) is 18.9 Å². The molecule has 25 heavy (non-hydrogen) atoms. The number of thioether (sulfide) groups is 1. The van der Waals surface area contributed by atoms with Crippen LogP contribution in [0.3, 0.4) is 0 Å². The second-order valence-corrected chi connectivity index (χ2v) is 6.83. The molecule has 0 aliphatic heterocycles. The van der Waals surface area contributed by atoms with Gasteiger partial charge in [0.15, 0.2) is 0 Å². The Labute approximate surface area is 152 Å². The summed E-state index contributed by atoms with van der Waals surface area (Å²) in [6.07, 6.45) is 0. The van der Waals surface area contributed by atoms with Crippen LogP contribution in [0.15, 0.2) is 59.5 Å². The topological polar surface area (TPSA) is 67.4 Å². The summed E-state index contributed by atoms with van der Waals surface area (Å²) in [5.41, 5.74) is 1.02. The van der Waals surface area contributed by atoms with Crippen molar-refractivity contribution in [2.75, 3.05) is 13.7 Å². The summed E-state index contributed by atoms with van der Waals surface area (Å²) in [4.78, 5) is 24.9. The summed E-state index contributed by atoms with van der Waals surface area (Å²) < 4.78 is 5.11. The molecule has 0 spiro atoms. The zero-order valence-electron chi connectivity index (χ0n) is 14.3. The van der Waals surface area contributed by atoms with E-state index in [9.17, 15) is 9.59 Å². The number of hydrogen-bond donors (Lipinski definition) is 2. The van der Waals surface area contributed by atoms with Gasteiger partial charge in [0.1, 0.15) is 5.75 Å². The molecule has 1 atom stereocenters. The number of benzene rings is 2. The van der Waals surface area contributed by atoms with E-state index in [0.717, 1.165) is 16.2 Å². The molecular weight excluding hydrogens is 336 g/mol. The van der Waals surface area contributed by atoms with Crippen LogP contribution in [-0.4, -0.2) is 30.7 Å². The highest BCUT2D eigenvalue weighted by Gasteiger charge is 2.15. The third kappa shape index (κ3) is 6.51. The van der Waals surface area contributed by atoms with Gasteiger partial charge in [-0.05, 0) is 36.8 Å². The lowest BCUT2D eigenvalue weighted by atomic mass is 10.2. The van der Waals surface area contributed by atoms with E-state index in [1.807, 2.05) is 61.5 Å². The van der Waals surface area contributed by atoms with Gasteiger partial charge in [-0.2, -0.15) is 0 Å². The number of amides is 2. The molecule has 2 aromatic rings. The van der Waals surface area contributed by atoms with Crippen molar-refractivity contribution in [2.45, 2.75) is 23.6 Å². The van der Waals surface area contributed by atoms with Crippen molar-refractivity contribution in [1.82, 2.24) is 10.6 Å². The molecule has 2 amide bonds. The van der Waals surface area contributed by atoms with Crippen molar-refractivity contribution < 1.29 is 14.3 Å². The molecule has 0 aromatic heterocycles. The molecule has 2 aromatic carbocycles. The predicted molar refractivity (Wildman–Crippen MR) is 99.6 cm³/mol. The molecule has 1 unspecified atom stereocenters. The number of methoxy groups -OCH3 is 1. The smallest absolute Gasteiger partial charge is 0.239 e. The first kappa shape index (κ1) is 18.9. The monoisotopic (exact) mass is 358 g/mol. The summed E-state index contributed by atoms with van der Waals surface area (Å²) in [7, 11) is 1.61. The highest BCUT2D eigenvalue weighted by Crippen LogP contribution is 2.25. The summed E-state index contributed by atoms with van der Waals surface area (Å²) >= 11 is 1.43. The van der Waals surface area contributed by atoms with Gasteiger partial charge >= 0.3 is 0 Å². The zero-order chi connectivity index (χ0) is 18.1. The number of carbonyl (C=O) groups is 2. The van der Waals surface area contributed by atoms with Gasteiger partial charge < -0.3 is 15.4 Å². The Morgan fingerprint density at radius 2 is 1.72 bits per heavy atom. The van der Waals surface area contributed by atoms with Crippen LogP contribution in [0.25, 0.3) is 0 Å². The summed E-state index contributed by atoms with van der Waals surface area (Å²) in [5, 5.41) is 5.15. The average molecular weight is 358 g/mol. The Hall–Kier alpha value is -2.47. The van der Waals surface area contributed by atoms with Crippen molar-refractivity contribution >= 4 is 23.6 Å². The Morgan fingerprint density at radius 3 is 2.36 bits per heavy atom. The molecular formula is C19H22N2O3S. The maximum atomic E-state index is 12.1. The Balaban J connectivity index is 1.71. The molecule has 0 bridgehead atoms. The lowest BCUT2D eigenvalue weighted by Crippen LogP contribution is -2.39. The highest BCUT2D eigenvalue weighted by atomic mass is 32.2. The zero-order valence-corrected chi connectivity index (χ0v) is 15.1. The Morgan fingerprint density at radius 1 is 1.04 bits per heavy atom. The first-order valence-corrected chi connectivity index (χ1v) is 8.85. The molecule has 0 saturated carbocycles. The van der Waals surface area contributed by atoms with Gasteiger partial charge in [-0.15, -0.1) is 11.8 Å². The van der Waals surface area contributed by atoms with Crippen LogP contribution < -0.4 is 15.4 Å². The van der Waals surface area contributed by atoms with E-state index in [0.29, 0.717) is 6.54 Å². The van der Waals surface area contributed by atoms with Gasteiger partial charge in [-0.1, -0.05) is 30.3 Å². The van der Waals surface area contributed by atoms with Crippen molar-refractivity contribution in [1.29, 1.82) is 0 Å². The third-order valence-electron chi connectivity index (χ3n) is 3.50. The second kappa shape index (κ2) is 9.74. The van der Waals surface area contributed by atoms with Gasteiger partial charge in [-0.3, -0.25) is 9.59 Å². The van der Waals surface area contributed by atoms with E-state index in [2.05, 4.69) is 10.6 Å². The van der Waals surface area contributed by atoms with E-state index in [1.165, 1.54) is 11.8 Å². The molecule has 132 valence electrons. The van der Waals surface area contributed by atoms with Gasteiger partial charge in [-0.25, -0.2) is 0 Å². The number of rotatable bonds is 8. The molecule has 2 N–H and O–H groups in total. The first-order valence-electron chi connectivity index (χ1n) is 7.97. The Bertz CT molecular complexity index is 690. The number of carbonyl (C=O) groups excluding carboxylic acids is 2. The van der Waals surface area contributed by atoms with Gasteiger partial charge in [0.2, 0.25) is 11.8 Å². The maximum Gasteiger partial charge on any atom is 0.239 e. The fraction of sp³-hybridized carbons (Fsp3) is 0.263. The second-order valence-electron chi connectivity index (χ2n) is 5.42. The number of nitrogens with one attached hydrogen (secondary N) is 2. The standard InChI is InChI=1S/C19H22N2O3S/c1-14(25-17-10-8-16(24-2)9-11-17)19(23)21-13-18(22)20-12-15-6-4-3-5-7-15/h3-11,14H,12-13H2,1-2H3,(H,20,22)(H,21,23). The fourth-order valence-corrected chi connectivity index (χ4v) is 2.97. The first-order chi connectivity index (χ1) is 12.1. The summed E-state index contributed by atoms with van der Waals surface area (Å²) in [6.45, 7) is 2.23. The lowest BCUT2D eigenvalue weighted by molar-refractivity contribution is -0.125. The minimum atomic E-state index is -0.296. The molecule has 0 aliphatic carbocycles. The van der Waals surface area contributed by atoms with Crippen molar-refractivity contribution in [3.63, 3.8) is 0 Å². The average Bonchev–Trinajstić information content (AvgIpc) is 2.65. The van der Waals surface area contributed by atoms with Crippen molar-refractivity contribution in [3.8, 4) is 5.75 Å². The van der Waals surface area contributed by atoms with Crippen LogP contribution >= 0.6 is 11.8 Å². The number of ether oxygens (including phenoxy) is 1. The summed E-state index contributed by atoms with van der Waals surface area (Å²) in [5.74, 6) is 0.395. The molecule has 5 nitrogen and oxygen atoms in total. The normalized spacial score (nSPS) is 11.4. The predicted octanol–water partition coefficient (Wildman–Crippen LogP) is 2.61. The lowest BCUT2D eigenvalue weighted by Gasteiger charge is -2.12. The quantitative estimate of drug-likeness (QED) is 0.712. The number of hydrogen-bond acceptors (Lipinski definition) is 4. The van der Waals surface area contributed by atoms with Gasteiger partial charge in [0.25, 0.3) is 0 Å². The fourth-order valence-electron chi connectivity index (χ4n) is 2.08. The van der Waals surface area contributed by atoms with E-state index in [1.54, 1.807) is 7.11 Å². The molecule has 0 heterocycles. The van der Waals surface area contributed by atoms with E-state index < -0.39 is 0 Å². The summed E-state index contributed by atoms with van der Waals surface area (Å²) in [6, 6.07) is 17.1. The van der Waals surface area contributed by atoms with E-state index >= 15 is 0 Å². The Kier molecular flexibility index (Phi) is 7.35. The van der Waals surface area contributed by atoms with Crippen LogP contribution in [0.5, 0.6) is 5.75 Å².